The lowest BCUT2D eigenvalue weighted by molar-refractivity contribution is -0.133. The Kier molecular flexibility index (Phi) is 5.14. The molecule has 0 radical (unpaired) electrons. The van der Waals surface area contributed by atoms with E-state index in [0.717, 1.165) is 39.0 Å². The van der Waals surface area contributed by atoms with E-state index in [1.54, 1.807) is 0 Å². The van der Waals surface area contributed by atoms with Gasteiger partial charge in [0.2, 0.25) is 5.91 Å². The van der Waals surface area contributed by atoms with Crippen molar-refractivity contribution in [2.75, 3.05) is 32.7 Å². The van der Waals surface area contributed by atoms with E-state index in [4.69, 9.17) is 0 Å². The Morgan fingerprint density at radius 1 is 1.17 bits per heavy atom. The van der Waals surface area contributed by atoms with Crippen molar-refractivity contribution in [2.45, 2.75) is 25.7 Å². The summed E-state index contributed by atoms with van der Waals surface area (Å²) in [7, 11) is 0. The molecule has 130 valence electrons. The molecule has 2 amide bonds. The molecule has 2 fully saturated rings. The van der Waals surface area contributed by atoms with Crippen LogP contribution in [0.2, 0.25) is 0 Å². The van der Waals surface area contributed by atoms with E-state index >= 15 is 0 Å². The monoisotopic (exact) mass is 333 g/mol. The summed E-state index contributed by atoms with van der Waals surface area (Å²) >= 11 is 0. The van der Waals surface area contributed by atoms with Gasteiger partial charge in [0.15, 0.2) is 0 Å². The van der Waals surface area contributed by atoms with Crippen molar-refractivity contribution in [2.24, 2.45) is 5.41 Å². The Morgan fingerprint density at radius 3 is 2.50 bits per heavy atom. The van der Waals surface area contributed by atoms with Crippen LogP contribution in [-0.2, 0) is 4.79 Å². The zero-order valence-electron chi connectivity index (χ0n) is 13.8. The Bertz CT molecular complexity index is 587. The van der Waals surface area contributed by atoms with Gasteiger partial charge >= 0.3 is 0 Å². The summed E-state index contributed by atoms with van der Waals surface area (Å²) in [6.45, 7) is 4.09. The highest BCUT2D eigenvalue weighted by Gasteiger charge is 2.37. The van der Waals surface area contributed by atoms with Gasteiger partial charge in [-0.15, -0.1) is 0 Å². The van der Waals surface area contributed by atoms with Crippen molar-refractivity contribution in [1.29, 1.82) is 0 Å². The molecule has 1 aromatic carbocycles. The zero-order chi connectivity index (χ0) is 17.0. The molecular formula is C18H24FN3O2. The predicted molar refractivity (Wildman–Crippen MR) is 89.1 cm³/mol. The van der Waals surface area contributed by atoms with Crippen molar-refractivity contribution in [3.63, 3.8) is 0 Å². The minimum absolute atomic E-state index is 0.0928. The van der Waals surface area contributed by atoms with Gasteiger partial charge in [-0.1, -0.05) is 0 Å². The zero-order valence-corrected chi connectivity index (χ0v) is 13.8. The quantitative estimate of drug-likeness (QED) is 0.879. The molecule has 2 saturated heterocycles. The molecule has 2 aliphatic heterocycles. The number of piperidine rings is 1. The fraction of sp³-hybridized carbons (Fsp3) is 0.556. The number of likely N-dealkylation sites (tertiary alicyclic amines) is 1. The standard InChI is InChI=1S/C18H24FN3O2/c19-15-3-1-14(2-4-15)17(24)21-9-5-16(23)22-11-7-18(8-12-22)6-10-20-13-18/h1-4,20H,5-13H2,(H,21,24). The number of hydrogen-bond acceptors (Lipinski definition) is 3. The molecule has 5 nitrogen and oxygen atoms in total. The van der Waals surface area contributed by atoms with Crippen LogP contribution in [0.25, 0.3) is 0 Å². The van der Waals surface area contributed by atoms with E-state index in [1.165, 1.54) is 30.7 Å². The number of rotatable bonds is 4. The van der Waals surface area contributed by atoms with E-state index in [1.807, 2.05) is 4.90 Å². The first-order chi connectivity index (χ1) is 11.6. The first kappa shape index (κ1) is 16.9. The summed E-state index contributed by atoms with van der Waals surface area (Å²) in [6, 6.07) is 5.38. The Hall–Kier alpha value is -1.95. The van der Waals surface area contributed by atoms with Crippen LogP contribution in [0, 0.1) is 11.2 Å². The molecule has 0 bridgehead atoms. The summed E-state index contributed by atoms with van der Waals surface area (Å²) < 4.78 is 12.8. The third-order valence-electron chi connectivity index (χ3n) is 5.24. The van der Waals surface area contributed by atoms with Crippen LogP contribution in [0.1, 0.15) is 36.0 Å². The van der Waals surface area contributed by atoms with Crippen LogP contribution >= 0.6 is 0 Å². The minimum atomic E-state index is -0.373. The fourth-order valence-corrected chi connectivity index (χ4v) is 3.60. The number of carbonyl (C=O) groups is 2. The number of benzene rings is 1. The van der Waals surface area contributed by atoms with Gasteiger partial charge in [0.25, 0.3) is 5.91 Å². The maximum absolute atomic E-state index is 12.8. The van der Waals surface area contributed by atoms with Crippen LogP contribution in [0.4, 0.5) is 4.39 Å². The summed E-state index contributed by atoms with van der Waals surface area (Å²) in [4.78, 5) is 26.1. The van der Waals surface area contributed by atoms with Crippen LogP contribution in [0.5, 0.6) is 0 Å². The number of hydrogen-bond donors (Lipinski definition) is 2. The second-order valence-corrected chi connectivity index (χ2v) is 6.82. The van der Waals surface area contributed by atoms with Crippen LogP contribution in [0.15, 0.2) is 24.3 Å². The summed E-state index contributed by atoms with van der Waals surface area (Å²) in [5, 5.41) is 6.14. The minimum Gasteiger partial charge on any atom is -0.352 e. The molecule has 2 aliphatic rings. The lowest BCUT2D eigenvalue weighted by Gasteiger charge is -2.39. The lowest BCUT2D eigenvalue weighted by atomic mass is 9.78. The van der Waals surface area contributed by atoms with Crippen molar-refractivity contribution in [3.8, 4) is 0 Å². The van der Waals surface area contributed by atoms with Crippen LogP contribution in [0.3, 0.4) is 0 Å². The molecule has 0 saturated carbocycles. The van der Waals surface area contributed by atoms with Crippen molar-refractivity contribution in [3.05, 3.63) is 35.6 Å². The molecule has 0 aliphatic carbocycles. The van der Waals surface area contributed by atoms with E-state index in [0.29, 0.717) is 23.9 Å². The third kappa shape index (κ3) is 3.93. The largest absolute Gasteiger partial charge is 0.352 e. The summed E-state index contributed by atoms with van der Waals surface area (Å²) in [5.74, 6) is -0.560. The van der Waals surface area contributed by atoms with Gasteiger partial charge < -0.3 is 15.5 Å². The number of nitrogens with zero attached hydrogens (tertiary/aromatic N) is 1. The van der Waals surface area contributed by atoms with Crippen LogP contribution < -0.4 is 10.6 Å². The third-order valence-corrected chi connectivity index (χ3v) is 5.24. The lowest BCUT2D eigenvalue weighted by Crippen LogP contribution is -2.44. The molecule has 1 aromatic rings. The molecule has 0 unspecified atom stereocenters. The molecule has 1 spiro atoms. The first-order valence-corrected chi connectivity index (χ1v) is 8.60. The van der Waals surface area contributed by atoms with Gasteiger partial charge in [0, 0.05) is 38.2 Å². The maximum atomic E-state index is 12.8. The molecule has 24 heavy (non-hydrogen) atoms. The van der Waals surface area contributed by atoms with Crippen LogP contribution in [-0.4, -0.2) is 49.4 Å². The van der Waals surface area contributed by atoms with Gasteiger partial charge in [0.1, 0.15) is 5.82 Å². The average molecular weight is 333 g/mol. The van der Waals surface area contributed by atoms with Gasteiger partial charge in [-0.3, -0.25) is 9.59 Å². The first-order valence-electron chi connectivity index (χ1n) is 8.60. The highest BCUT2D eigenvalue weighted by Crippen LogP contribution is 2.36. The number of carbonyl (C=O) groups excluding carboxylic acids is 2. The van der Waals surface area contributed by atoms with Crippen molar-refractivity contribution >= 4 is 11.8 Å². The summed E-state index contributed by atoms with van der Waals surface area (Å²) in [6.07, 6.45) is 3.64. The van der Waals surface area contributed by atoms with E-state index < -0.39 is 0 Å². The molecule has 0 aromatic heterocycles. The second kappa shape index (κ2) is 7.30. The maximum Gasteiger partial charge on any atom is 0.251 e. The SMILES string of the molecule is O=C(NCCC(=O)N1CCC2(CCNC2)CC1)c1ccc(F)cc1. The topological polar surface area (TPSA) is 61.4 Å². The second-order valence-electron chi connectivity index (χ2n) is 6.82. The molecule has 2 heterocycles. The molecule has 2 N–H and O–H groups in total. The fourth-order valence-electron chi connectivity index (χ4n) is 3.60. The van der Waals surface area contributed by atoms with E-state index in [9.17, 15) is 14.0 Å². The highest BCUT2D eigenvalue weighted by atomic mass is 19.1. The van der Waals surface area contributed by atoms with Gasteiger partial charge in [-0.2, -0.15) is 0 Å². The van der Waals surface area contributed by atoms with E-state index in [2.05, 4.69) is 10.6 Å². The molecule has 3 rings (SSSR count). The normalized spacial score (nSPS) is 19.5. The number of amides is 2. The van der Waals surface area contributed by atoms with Gasteiger partial charge in [-0.05, 0) is 55.5 Å². The number of nitrogens with one attached hydrogen (secondary N) is 2. The van der Waals surface area contributed by atoms with Crippen molar-refractivity contribution < 1.29 is 14.0 Å². The predicted octanol–water partition coefficient (Wildman–Crippen LogP) is 1.55. The highest BCUT2D eigenvalue weighted by molar-refractivity contribution is 5.94. The summed E-state index contributed by atoms with van der Waals surface area (Å²) in [5.41, 5.74) is 0.797. The smallest absolute Gasteiger partial charge is 0.251 e. The number of halogens is 1. The molecule has 6 heteroatoms. The average Bonchev–Trinajstić information content (AvgIpc) is 3.04. The Balaban J connectivity index is 1.40. The van der Waals surface area contributed by atoms with E-state index in [-0.39, 0.29) is 17.6 Å². The molecular weight excluding hydrogens is 309 g/mol. The van der Waals surface area contributed by atoms with Crippen molar-refractivity contribution in [1.82, 2.24) is 15.5 Å². The Labute approximate surface area is 141 Å². The Morgan fingerprint density at radius 2 is 1.88 bits per heavy atom. The molecule has 0 atom stereocenters. The van der Waals surface area contributed by atoms with Gasteiger partial charge in [0.05, 0.1) is 0 Å². The van der Waals surface area contributed by atoms with Gasteiger partial charge in [-0.25, -0.2) is 4.39 Å².